The summed E-state index contributed by atoms with van der Waals surface area (Å²) in [5.41, 5.74) is 1.49. The van der Waals surface area contributed by atoms with Crippen molar-refractivity contribution < 1.29 is 9.18 Å². The maximum atomic E-state index is 14.6. The fraction of sp³-hybridized carbons (Fsp3) is 0.524. The van der Waals surface area contributed by atoms with Gasteiger partial charge in [-0.15, -0.1) is 0 Å². The van der Waals surface area contributed by atoms with Crippen LogP contribution in [-0.4, -0.2) is 47.5 Å². The van der Waals surface area contributed by atoms with Gasteiger partial charge in [0.15, 0.2) is 0 Å². The number of carbonyl (C=O) groups excluding carboxylic acids is 1. The number of aryl methyl sites for hydroxylation is 1. The van der Waals surface area contributed by atoms with Gasteiger partial charge in [0.25, 0.3) is 0 Å². The first-order chi connectivity index (χ1) is 13.0. The lowest BCUT2D eigenvalue weighted by atomic mass is 9.91. The minimum Gasteiger partial charge on any atom is -0.355 e. The molecule has 1 amide bonds. The van der Waals surface area contributed by atoms with Crippen LogP contribution in [0.5, 0.6) is 0 Å². The Balaban J connectivity index is 1.89. The number of hydrogen-bond acceptors (Lipinski definition) is 3. The maximum Gasteiger partial charge on any atom is 0.221 e. The zero-order valence-electron chi connectivity index (χ0n) is 16.4. The standard InChI is InChI=1S/C21H29FN4O/c1-15-7-6-10-20-24-14-19(26(15)20)17(16-8-4-5-9-18(16)22)13-21(27)23-11-12-25(2)3/h4-5,8-9,14-15,17H,6-7,10-13H2,1-3H3,(H,23,27). The summed E-state index contributed by atoms with van der Waals surface area (Å²) < 4.78 is 16.8. The normalized spacial score (nSPS) is 17.6. The second kappa shape index (κ2) is 8.65. The molecule has 1 N–H and O–H groups in total. The Hall–Kier alpha value is -2.21. The van der Waals surface area contributed by atoms with Crippen molar-refractivity contribution in [2.75, 3.05) is 27.2 Å². The number of amides is 1. The van der Waals surface area contributed by atoms with Gasteiger partial charge in [0.2, 0.25) is 5.91 Å². The van der Waals surface area contributed by atoms with E-state index < -0.39 is 0 Å². The van der Waals surface area contributed by atoms with Crippen LogP contribution < -0.4 is 5.32 Å². The third kappa shape index (κ3) is 4.56. The van der Waals surface area contributed by atoms with Gasteiger partial charge in [-0.05, 0) is 45.5 Å². The third-order valence-corrected chi connectivity index (χ3v) is 5.27. The zero-order valence-corrected chi connectivity index (χ0v) is 16.4. The van der Waals surface area contributed by atoms with Gasteiger partial charge in [0.1, 0.15) is 11.6 Å². The van der Waals surface area contributed by atoms with E-state index in [1.807, 2.05) is 31.3 Å². The fourth-order valence-corrected chi connectivity index (χ4v) is 3.86. The number of aromatic nitrogens is 2. The number of imidazole rings is 1. The number of carbonyl (C=O) groups is 1. The average Bonchev–Trinajstić information content (AvgIpc) is 3.05. The van der Waals surface area contributed by atoms with Crippen LogP contribution in [-0.2, 0) is 11.2 Å². The van der Waals surface area contributed by atoms with Gasteiger partial charge in [-0.25, -0.2) is 9.37 Å². The summed E-state index contributed by atoms with van der Waals surface area (Å²) in [5.74, 6) is 0.359. The highest BCUT2D eigenvalue weighted by Gasteiger charge is 2.28. The molecule has 1 aliphatic rings. The number of fused-ring (bicyclic) bond motifs is 1. The Morgan fingerprint density at radius 1 is 1.41 bits per heavy atom. The van der Waals surface area contributed by atoms with Crippen LogP contribution in [0, 0.1) is 5.82 Å². The van der Waals surface area contributed by atoms with E-state index in [0.717, 1.165) is 37.3 Å². The van der Waals surface area contributed by atoms with E-state index in [1.54, 1.807) is 12.1 Å². The first-order valence-electron chi connectivity index (χ1n) is 9.69. The Labute approximate surface area is 160 Å². The Morgan fingerprint density at radius 2 is 2.19 bits per heavy atom. The molecule has 0 fully saturated rings. The monoisotopic (exact) mass is 372 g/mol. The molecule has 0 radical (unpaired) electrons. The van der Waals surface area contributed by atoms with Gasteiger partial charge in [-0.1, -0.05) is 18.2 Å². The van der Waals surface area contributed by atoms with Crippen LogP contribution in [0.4, 0.5) is 4.39 Å². The van der Waals surface area contributed by atoms with Gasteiger partial charge in [-0.2, -0.15) is 0 Å². The predicted molar refractivity (Wildman–Crippen MR) is 104 cm³/mol. The molecule has 1 aromatic heterocycles. The quantitative estimate of drug-likeness (QED) is 0.812. The van der Waals surface area contributed by atoms with Crippen molar-refractivity contribution >= 4 is 5.91 Å². The fourth-order valence-electron chi connectivity index (χ4n) is 3.86. The summed E-state index contributed by atoms with van der Waals surface area (Å²) in [7, 11) is 3.93. The SMILES string of the molecule is CC1CCCc2ncc(C(CC(=O)NCCN(C)C)c3ccccc3F)n21. The number of rotatable bonds is 7. The summed E-state index contributed by atoms with van der Waals surface area (Å²) >= 11 is 0. The topological polar surface area (TPSA) is 50.2 Å². The van der Waals surface area contributed by atoms with E-state index in [-0.39, 0.29) is 24.1 Å². The Kier molecular flexibility index (Phi) is 6.26. The van der Waals surface area contributed by atoms with Crippen LogP contribution in [0.25, 0.3) is 0 Å². The molecule has 2 atom stereocenters. The third-order valence-electron chi connectivity index (χ3n) is 5.27. The number of nitrogens with one attached hydrogen (secondary N) is 1. The van der Waals surface area contributed by atoms with Crippen molar-refractivity contribution in [3.8, 4) is 0 Å². The molecule has 0 saturated carbocycles. The van der Waals surface area contributed by atoms with Gasteiger partial charge in [0.05, 0.1) is 0 Å². The number of likely N-dealkylation sites (N-methyl/N-ethyl adjacent to an activating group) is 1. The Morgan fingerprint density at radius 3 is 2.93 bits per heavy atom. The molecule has 1 aliphatic heterocycles. The van der Waals surface area contributed by atoms with Gasteiger partial charge in [-0.3, -0.25) is 4.79 Å². The van der Waals surface area contributed by atoms with E-state index >= 15 is 0 Å². The lowest BCUT2D eigenvalue weighted by Gasteiger charge is -2.27. The first kappa shape index (κ1) is 19.5. The largest absolute Gasteiger partial charge is 0.355 e. The number of benzene rings is 1. The molecule has 2 aromatic rings. The molecular formula is C21H29FN4O. The minimum absolute atomic E-state index is 0.0656. The molecule has 3 rings (SSSR count). The highest BCUT2D eigenvalue weighted by atomic mass is 19.1. The average molecular weight is 372 g/mol. The van der Waals surface area contributed by atoms with Crippen LogP contribution in [0.3, 0.4) is 0 Å². The van der Waals surface area contributed by atoms with E-state index in [0.29, 0.717) is 18.2 Å². The molecular weight excluding hydrogens is 343 g/mol. The summed E-state index contributed by atoms with van der Waals surface area (Å²) in [6.07, 6.45) is 5.18. The molecule has 146 valence electrons. The summed E-state index contributed by atoms with van der Waals surface area (Å²) in [4.78, 5) is 19.2. The zero-order chi connectivity index (χ0) is 19.4. The van der Waals surface area contributed by atoms with Crippen LogP contribution in [0.1, 0.15) is 55.2 Å². The molecule has 1 aromatic carbocycles. The van der Waals surface area contributed by atoms with Crippen LogP contribution in [0.15, 0.2) is 30.5 Å². The highest BCUT2D eigenvalue weighted by Crippen LogP contribution is 2.35. The van der Waals surface area contributed by atoms with Crippen LogP contribution >= 0.6 is 0 Å². The number of nitrogens with zero attached hydrogens (tertiary/aromatic N) is 3. The van der Waals surface area contributed by atoms with Gasteiger partial charge in [0, 0.05) is 49.8 Å². The molecule has 0 aliphatic carbocycles. The lowest BCUT2D eigenvalue weighted by Crippen LogP contribution is -2.32. The van der Waals surface area contributed by atoms with Crippen molar-refractivity contribution in [2.24, 2.45) is 0 Å². The highest BCUT2D eigenvalue weighted by molar-refractivity contribution is 5.77. The van der Waals surface area contributed by atoms with Crippen molar-refractivity contribution in [2.45, 2.75) is 44.6 Å². The molecule has 0 saturated heterocycles. The van der Waals surface area contributed by atoms with E-state index in [4.69, 9.17) is 0 Å². The van der Waals surface area contributed by atoms with Crippen molar-refractivity contribution in [1.29, 1.82) is 0 Å². The molecule has 2 unspecified atom stereocenters. The predicted octanol–water partition coefficient (Wildman–Crippen LogP) is 3.12. The van der Waals surface area contributed by atoms with E-state index in [2.05, 4.69) is 21.8 Å². The molecule has 0 spiro atoms. The molecule has 27 heavy (non-hydrogen) atoms. The summed E-state index contributed by atoms with van der Waals surface area (Å²) in [6.45, 7) is 3.52. The first-order valence-corrected chi connectivity index (χ1v) is 9.69. The molecule has 0 bridgehead atoms. The maximum absolute atomic E-state index is 14.6. The van der Waals surface area contributed by atoms with E-state index in [1.165, 1.54) is 6.07 Å². The molecule has 2 heterocycles. The van der Waals surface area contributed by atoms with Crippen LogP contribution in [0.2, 0.25) is 0 Å². The second-order valence-corrected chi connectivity index (χ2v) is 7.64. The van der Waals surface area contributed by atoms with E-state index in [9.17, 15) is 9.18 Å². The van der Waals surface area contributed by atoms with Crippen molar-refractivity contribution in [3.63, 3.8) is 0 Å². The summed E-state index contributed by atoms with van der Waals surface area (Å²) in [5, 5.41) is 2.95. The van der Waals surface area contributed by atoms with Gasteiger partial charge >= 0.3 is 0 Å². The lowest BCUT2D eigenvalue weighted by molar-refractivity contribution is -0.121. The number of halogens is 1. The van der Waals surface area contributed by atoms with Crippen molar-refractivity contribution in [1.82, 2.24) is 19.8 Å². The van der Waals surface area contributed by atoms with Crippen molar-refractivity contribution in [3.05, 3.63) is 53.4 Å². The molecule has 6 heteroatoms. The number of hydrogen-bond donors (Lipinski definition) is 1. The second-order valence-electron chi connectivity index (χ2n) is 7.64. The summed E-state index contributed by atoms with van der Waals surface area (Å²) in [6, 6.07) is 7.06. The minimum atomic E-state index is -0.340. The van der Waals surface area contributed by atoms with Gasteiger partial charge < -0.3 is 14.8 Å². The Bertz CT molecular complexity index is 786. The molecule has 5 nitrogen and oxygen atoms in total. The smallest absolute Gasteiger partial charge is 0.221 e.